The predicted molar refractivity (Wildman–Crippen MR) is 122 cm³/mol. The molecule has 0 saturated carbocycles. The summed E-state index contributed by atoms with van der Waals surface area (Å²) < 4.78 is 10.9. The number of benzene rings is 1. The number of hydrogen-bond donors (Lipinski definition) is 2. The Kier molecular flexibility index (Phi) is 6.15. The minimum atomic E-state index is 0.195. The maximum atomic E-state index is 9.15. The minimum Gasteiger partial charge on any atom is -0.454 e. The van der Waals surface area contributed by atoms with Crippen molar-refractivity contribution in [2.45, 2.75) is 6.54 Å². The second kappa shape index (κ2) is 9.35. The van der Waals surface area contributed by atoms with Gasteiger partial charge in [-0.2, -0.15) is 0 Å². The number of piperazine rings is 2. The fourth-order valence-corrected chi connectivity index (χ4v) is 4.62. The molecule has 4 heterocycles. The first kappa shape index (κ1) is 21.0. The van der Waals surface area contributed by atoms with E-state index in [0.717, 1.165) is 88.6 Å². The van der Waals surface area contributed by atoms with Crippen molar-refractivity contribution in [1.29, 1.82) is 0 Å². The number of nitrogen functional groups attached to an aromatic ring is 1. The van der Waals surface area contributed by atoms with Gasteiger partial charge < -0.3 is 30.1 Å². The molecule has 32 heavy (non-hydrogen) atoms. The molecule has 2 fully saturated rings. The zero-order valence-electron chi connectivity index (χ0n) is 18.3. The highest BCUT2D eigenvalue weighted by atomic mass is 16.7. The van der Waals surface area contributed by atoms with Crippen LogP contribution in [0.1, 0.15) is 5.56 Å². The summed E-state index contributed by atoms with van der Waals surface area (Å²) in [6.07, 6.45) is 1.63. The number of aliphatic hydroxyl groups is 1. The van der Waals surface area contributed by atoms with Crippen LogP contribution in [0.5, 0.6) is 11.5 Å². The summed E-state index contributed by atoms with van der Waals surface area (Å²) in [6, 6.07) is 6.17. The highest BCUT2D eigenvalue weighted by Gasteiger charge is 2.25. The lowest BCUT2D eigenvalue weighted by atomic mass is 10.1. The summed E-state index contributed by atoms with van der Waals surface area (Å²) in [4.78, 5) is 18.2. The smallest absolute Gasteiger partial charge is 0.231 e. The van der Waals surface area contributed by atoms with Gasteiger partial charge in [0.25, 0.3) is 0 Å². The van der Waals surface area contributed by atoms with Crippen LogP contribution in [0.3, 0.4) is 0 Å². The van der Waals surface area contributed by atoms with Crippen LogP contribution in [0.15, 0.2) is 24.5 Å². The fraction of sp³-hybridized carbons (Fsp3) is 0.545. The molecule has 10 heteroatoms. The predicted octanol–water partition coefficient (Wildman–Crippen LogP) is 0.224. The third-order valence-electron chi connectivity index (χ3n) is 6.44. The Morgan fingerprint density at radius 3 is 2.12 bits per heavy atom. The van der Waals surface area contributed by atoms with Crippen molar-refractivity contribution in [3.8, 4) is 11.5 Å². The summed E-state index contributed by atoms with van der Waals surface area (Å²) in [5, 5.41) is 9.15. The number of β-amino-alcohol motifs (C(OH)–C–C–N with tert-alkyl or cyclic N) is 1. The summed E-state index contributed by atoms with van der Waals surface area (Å²) in [7, 11) is 0. The van der Waals surface area contributed by atoms with Crippen LogP contribution in [0.4, 0.5) is 17.3 Å². The minimum absolute atomic E-state index is 0.195. The summed E-state index contributed by atoms with van der Waals surface area (Å²) >= 11 is 0. The van der Waals surface area contributed by atoms with E-state index in [2.05, 4.69) is 41.7 Å². The average Bonchev–Trinajstić information content (AvgIpc) is 3.29. The van der Waals surface area contributed by atoms with E-state index in [4.69, 9.17) is 20.3 Å². The number of rotatable bonds is 6. The molecule has 0 aliphatic carbocycles. The van der Waals surface area contributed by atoms with Gasteiger partial charge in [0, 0.05) is 65.4 Å². The molecule has 2 saturated heterocycles. The number of hydrogen-bond acceptors (Lipinski definition) is 10. The first-order chi connectivity index (χ1) is 15.7. The van der Waals surface area contributed by atoms with E-state index in [9.17, 15) is 0 Å². The zero-order chi connectivity index (χ0) is 21.9. The van der Waals surface area contributed by atoms with E-state index in [1.54, 1.807) is 6.33 Å². The summed E-state index contributed by atoms with van der Waals surface area (Å²) in [5.74, 6) is 3.31. The topological polar surface area (TPSA) is 103 Å². The van der Waals surface area contributed by atoms with Crippen molar-refractivity contribution in [3.05, 3.63) is 30.1 Å². The Morgan fingerprint density at radius 2 is 1.47 bits per heavy atom. The van der Waals surface area contributed by atoms with E-state index in [-0.39, 0.29) is 6.61 Å². The quantitative estimate of drug-likeness (QED) is 0.647. The van der Waals surface area contributed by atoms with Crippen LogP contribution in [-0.4, -0.2) is 97.2 Å². The molecule has 10 nitrogen and oxygen atoms in total. The van der Waals surface area contributed by atoms with Crippen molar-refractivity contribution in [2.75, 3.05) is 87.8 Å². The van der Waals surface area contributed by atoms with E-state index in [0.29, 0.717) is 12.5 Å². The van der Waals surface area contributed by atoms with Gasteiger partial charge in [0.05, 0.1) is 6.61 Å². The van der Waals surface area contributed by atoms with Crippen LogP contribution in [0.2, 0.25) is 0 Å². The molecule has 1 aromatic carbocycles. The lowest BCUT2D eigenvalue weighted by Crippen LogP contribution is -2.48. The van der Waals surface area contributed by atoms with Crippen LogP contribution in [0, 0.1) is 0 Å². The number of ether oxygens (including phenoxy) is 2. The fourth-order valence-electron chi connectivity index (χ4n) is 4.62. The first-order valence-corrected chi connectivity index (χ1v) is 11.3. The first-order valence-electron chi connectivity index (χ1n) is 11.3. The number of nitrogens with two attached hydrogens (primary N) is 1. The van der Waals surface area contributed by atoms with Crippen molar-refractivity contribution >= 4 is 17.3 Å². The van der Waals surface area contributed by atoms with E-state index < -0.39 is 0 Å². The van der Waals surface area contributed by atoms with Gasteiger partial charge in [0.1, 0.15) is 12.0 Å². The van der Waals surface area contributed by atoms with Crippen molar-refractivity contribution in [2.24, 2.45) is 0 Å². The van der Waals surface area contributed by atoms with Crippen LogP contribution in [0.25, 0.3) is 0 Å². The van der Waals surface area contributed by atoms with E-state index in [1.165, 1.54) is 5.56 Å². The number of anilines is 3. The standard InChI is InChI=1S/C22H31N7O3/c23-20-21(28-7-3-26(4-8-28)11-12-30)24-15-25-22(20)29-9-5-27(6-10-29)14-17-1-2-18-19(13-17)32-16-31-18/h1-2,13,15,30H,3-12,14,16,23H2. The van der Waals surface area contributed by atoms with E-state index in [1.807, 2.05) is 6.07 Å². The van der Waals surface area contributed by atoms with Gasteiger partial charge in [0.2, 0.25) is 6.79 Å². The third-order valence-corrected chi connectivity index (χ3v) is 6.44. The molecule has 0 radical (unpaired) electrons. The highest BCUT2D eigenvalue weighted by Crippen LogP contribution is 2.33. The van der Waals surface area contributed by atoms with Crippen molar-refractivity contribution in [3.63, 3.8) is 0 Å². The Bertz CT molecular complexity index is 928. The maximum Gasteiger partial charge on any atom is 0.231 e. The Labute approximate surface area is 188 Å². The molecule has 3 aliphatic heterocycles. The van der Waals surface area contributed by atoms with Gasteiger partial charge in [-0.05, 0) is 17.7 Å². The highest BCUT2D eigenvalue weighted by molar-refractivity contribution is 5.76. The average molecular weight is 442 g/mol. The van der Waals surface area contributed by atoms with Crippen LogP contribution in [-0.2, 0) is 6.54 Å². The van der Waals surface area contributed by atoms with Crippen LogP contribution >= 0.6 is 0 Å². The molecule has 0 atom stereocenters. The lowest BCUT2D eigenvalue weighted by Gasteiger charge is -2.38. The van der Waals surface area contributed by atoms with Gasteiger partial charge in [-0.1, -0.05) is 6.07 Å². The zero-order valence-corrected chi connectivity index (χ0v) is 18.3. The van der Waals surface area contributed by atoms with E-state index >= 15 is 0 Å². The largest absolute Gasteiger partial charge is 0.454 e. The Morgan fingerprint density at radius 1 is 0.844 bits per heavy atom. The van der Waals surface area contributed by atoms with Crippen molar-refractivity contribution < 1.29 is 14.6 Å². The molecule has 5 rings (SSSR count). The molecule has 0 amide bonds. The number of aromatic nitrogens is 2. The summed E-state index contributed by atoms with van der Waals surface area (Å²) in [6.45, 7) is 9.22. The second-order valence-corrected chi connectivity index (χ2v) is 8.44. The van der Waals surface area contributed by atoms with Gasteiger partial charge in [-0.25, -0.2) is 9.97 Å². The molecular formula is C22H31N7O3. The monoisotopic (exact) mass is 441 g/mol. The SMILES string of the molecule is Nc1c(N2CCN(CCO)CC2)ncnc1N1CCN(Cc2ccc3c(c2)OCO3)CC1. The lowest BCUT2D eigenvalue weighted by molar-refractivity contribution is 0.174. The molecule has 1 aromatic heterocycles. The molecule has 2 aromatic rings. The molecule has 0 unspecified atom stereocenters. The molecule has 3 aliphatic rings. The van der Waals surface area contributed by atoms with Gasteiger partial charge >= 0.3 is 0 Å². The Hall–Kier alpha value is -2.82. The van der Waals surface area contributed by atoms with Crippen LogP contribution < -0.4 is 25.0 Å². The summed E-state index contributed by atoms with van der Waals surface area (Å²) in [5.41, 5.74) is 8.44. The van der Waals surface area contributed by atoms with Gasteiger partial charge in [0.15, 0.2) is 23.1 Å². The molecule has 0 bridgehead atoms. The number of aliphatic hydroxyl groups excluding tert-OH is 1. The maximum absolute atomic E-state index is 9.15. The second-order valence-electron chi connectivity index (χ2n) is 8.44. The number of fused-ring (bicyclic) bond motifs is 1. The Balaban J connectivity index is 1.19. The number of nitrogens with zero attached hydrogens (tertiary/aromatic N) is 6. The van der Waals surface area contributed by atoms with Gasteiger partial charge in [-0.15, -0.1) is 0 Å². The molecule has 0 spiro atoms. The molecular weight excluding hydrogens is 410 g/mol. The van der Waals surface area contributed by atoms with Crippen molar-refractivity contribution in [1.82, 2.24) is 19.8 Å². The molecule has 3 N–H and O–H groups in total. The molecule has 172 valence electrons. The third kappa shape index (κ3) is 4.38. The normalized spacial score (nSPS) is 19.5. The van der Waals surface area contributed by atoms with Gasteiger partial charge in [-0.3, -0.25) is 9.80 Å².